The molecule has 0 radical (unpaired) electrons. The van der Waals surface area contributed by atoms with Gasteiger partial charge in [-0.2, -0.15) is 0 Å². The highest BCUT2D eigenvalue weighted by molar-refractivity contribution is 6.68. The Balaban J connectivity index is 1.64. The Morgan fingerprint density at radius 2 is 1.86 bits per heavy atom. The van der Waals surface area contributed by atoms with E-state index in [1.54, 1.807) is 14.0 Å². The second kappa shape index (κ2) is 10.3. The van der Waals surface area contributed by atoms with E-state index < -0.39 is 48.5 Å². The maximum Gasteiger partial charge on any atom is 0.605 e. The molecule has 0 spiro atoms. The van der Waals surface area contributed by atoms with Crippen LogP contribution in [0.15, 0.2) is 48.9 Å². The molecule has 5 atom stereocenters. The van der Waals surface area contributed by atoms with Crippen molar-refractivity contribution in [3.63, 3.8) is 0 Å². The van der Waals surface area contributed by atoms with Crippen molar-refractivity contribution >= 4 is 30.4 Å². The lowest BCUT2D eigenvalue weighted by molar-refractivity contribution is -0.817. The lowest BCUT2D eigenvalue weighted by atomic mass is 9.57. The number of likely N-dealkylation sites (N-methyl/N-ethyl adjacent to an activating group) is 1. The summed E-state index contributed by atoms with van der Waals surface area (Å²) in [5, 5.41) is 5.74. The molecule has 12 heteroatoms. The summed E-state index contributed by atoms with van der Waals surface area (Å²) >= 11 is 0. The van der Waals surface area contributed by atoms with Gasteiger partial charge in [0.25, 0.3) is 5.91 Å². The minimum absolute atomic E-state index is 0.0335. The topological polar surface area (TPSA) is 137 Å². The lowest BCUT2D eigenvalue weighted by Gasteiger charge is -2.47. The SMILES string of the molecule is CC(C)C[C@H](NC(=O)[C@H](Cc1ccccc1)NC(=O)c1cnccn1)[B-]12OC(=O)C[N+]1(C)[C@H](C)C(=O)O2. The van der Waals surface area contributed by atoms with Crippen molar-refractivity contribution in [2.24, 2.45) is 5.92 Å². The molecule has 37 heavy (non-hydrogen) atoms. The first-order chi connectivity index (χ1) is 17.6. The van der Waals surface area contributed by atoms with Crippen LogP contribution in [0.2, 0.25) is 0 Å². The van der Waals surface area contributed by atoms with E-state index in [-0.39, 0.29) is 29.0 Å². The number of hydrogen-bond donors (Lipinski definition) is 2. The van der Waals surface area contributed by atoms with Gasteiger partial charge in [-0.05, 0) is 24.8 Å². The maximum absolute atomic E-state index is 13.8. The molecule has 11 nitrogen and oxygen atoms in total. The molecule has 2 amide bonds. The van der Waals surface area contributed by atoms with Crippen LogP contribution in [0.3, 0.4) is 0 Å². The van der Waals surface area contributed by atoms with E-state index in [1.807, 2.05) is 44.2 Å². The van der Waals surface area contributed by atoms with E-state index in [1.165, 1.54) is 18.6 Å². The average Bonchev–Trinajstić information content (AvgIpc) is 3.23. The molecule has 2 fully saturated rings. The second-order valence-corrected chi connectivity index (χ2v) is 10.4. The number of quaternary nitrogens is 1. The third-order valence-electron chi connectivity index (χ3n) is 7.36. The molecule has 4 rings (SSSR count). The minimum atomic E-state index is -2.57. The summed E-state index contributed by atoms with van der Waals surface area (Å²) in [6.45, 7) is 3.02. The lowest BCUT2D eigenvalue weighted by Crippen LogP contribution is -2.73. The van der Waals surface area contributed by atoms with Gasteiger partial charge < -0.3 is 24.3 Å². The van der Waals surface area contributed by atoms with Crippen LogP contribution in [0, 0.1) is 5.92 Å². The maximum atomic E-state index is 13.8. The van der Waals surface area contributed by atoms with Crippen molar-refractivity contribution in [3.05, 3.63) is 60.2 Å². The highest BCUT2D eigenvalue weighted by Gasteiger charge is 2.72. The van der Waals surface area contributed by atoms with Crippen molar-refractivity contribution in [2.45, 2.75) is 51.6 Å². The fraction of sp³-hybridized carbons (Fsp3) is 0.440. The number of rotatable bonds is 9. The molecule has 2 aliphatic heterocycles. The number of carbonyl (C=O) groups excluding carboxylic acids is 4. The zero-order valence-corrected chi connectivity index (χ0v) is 21.4. The number of aromatic nitrogens is 2. The fourth-order valence-corrected chi connectivity index (χ4v) is 5.26. The Morgan fingerprint density at radius 1 is 1.14 bits per heavy atom. The molecule has 0 saturated carbocycles. The van der Waals surface area contributed by atoms with Crippen LogP contribution in [0.4, 0.5) is 0 Å². The average molecular weight is 509 g/mol. The number of benzene rings is 1. The van der Waals surface area contributed by atoms with Gasteiger partial charge in [-0.1, -0.05) is 44.2 Å². The number of nitrogens with one attached hydrogen (secondary N) is 2. The van der Waals surface area contributed by atoms with E-state index in [0.29, 0.717) is 6.42 Å². The summed E-state index contributed by atoms with van der Waals surface area (Å²) in [5.41, 5.74) is 0.905. The highest BCUT2D eigenvalue weighted by atomic mass is 16.7. The molecule has 196 valence electrons. The first-order valence-electron chi connectivity index (χ1n) is 12.4. The number of nitrogens with zero attached hydrogens (tertiary/aromatic N) is 3. The van der Waals surface area contributed by atoms with Gasteiger partial charge in [0, 0.05) is 25.9 Å². The summed E-state index contributed by atoms with van der Waals surface area (Å²) in [6.07, 6.45) is 4.75. The molecule has 0 aliphatic carbocycles. The zero-order chi connectivity index (χ0) is 26.8. The molecule has 0 bridgehead atoms. The van der Waals surface area contributed by atoms with Gasteiger partial charge in [-0.15, -0.1) is 0 Å². The molecule has 2 aromatic rings. The molecular weight excluding hydrogens is 477 g/mol. The summed E-state index contributed by atoms with van der Waals surface area (Å²) in [4.78, 5) is 59.7. The van der Waals surface area contributed by atoms with Crippen LogP contribution < -0.4 is 10.6 Å². The van der Waals surface area contributed by atoms with Gasteiger partial charge in [0.1, 0.15) is 24.3 Å². The van der Waals surface area contributed by atoms with Crippen LogP contribution in [-0.4, -0.2) is 76.4 Å². The number of fused-ring (bicyclic) bond motifs is 1. The molecule has 2 unspecified atom stereocenters. The van der Waals surface area contributed by atoms with Gasteiger partial charge >= 0.3 is 18.6 Å². The van der Waals surface area contributed by atoms with Crippen LogP contribution in [0.25, 0.3) is 0 Å². The normalized spacial score (nSPS) is 26.1. The van der Waals surface area contributed by atoms with E-state index in [4.69, 9.17) is 9.31 Å². The van der Waals surface area contributed by atoms with Crippen LogP contribution in [0.1, 0.15) is 43.2 Å². The minimum Gasteiger partial charge on any atom is -0.599 e. The largest absolute Gasteiger partial charge is 0.605 e. The molecule has 2 N–H and O–H groups in total. The zero-order valence-electron chi connectivity index (χ0n) is 21.4. The first kappa shape index (κ1) is 26.3. The van der Waals surface area contributed by atoms with Crippen molar-refractivity contribution in [2.75, 3.05) is 13.6 Å². The first-order valence-corrected chi connectivity index (χ1v) is 12.4. The molecule has 2 aliphatic rings. The third kappa shape index (κ3) is 5.06. The van der Waals surface area contributed by atoms with Crippen LogP contribution in [0.5, 0.6) is 0 Å². The van der Waals surface area contributed by atoms with Gasteiger partial charge in [0.2, 0.25) is 5.91 Å². The summed E-state index contributed by atoms with van der Waals surface area (Å²) in [7, 11) is 1.75. The smallest absolute Gasteiger partial charge is 0.599 e. The Bertz CT molecular complexity index is 1180. The summed E-state index contributed by atoms with van der Waals surface area (Å²) in [5.74, 6) is -2.72. The number of hydrogen-bond acceptors (Lipinski definition) is 8. The molecular formula is C25H32BN5O6. The number of amides is 2. The standard InChI is InChI=1S/C25H32BN5O6/c1-16(2)12-21(26-31(4,15-22(32)36-26)17(3)25(35)37-26)30-23(33)19(13-18-8-6-5-7-9-18)29-24(34)20-14-27-10-11-28-20/h5-11,14,16-17,19,21H,12-13,15H2,1-4H3,(H,29,34)(H,30,33)/t17-,19+,21+,26?,31?/m1/s1. The summed E-state index contributed by atoms with van der Waals surface area (Å²) < 4.78 is 11.5. The van der Waals surface area contributed by atoms with Crippen molar-refractivity contribution in [3.8, 4) is 0 Å². The Kier molecular flexibility index (Phi) is 7.31. The van der Waals surface area contributed by atoms with Crippen molar-refractivity contribution < 1.29 is 32.9 Å². The van der Waals surface area contributed by atoms with Crippen molar-refractivity contribution in [1.82, 2.24) is 20.6 Å². The molecule has 1 aromatic carbocycles. The molecule has 2 saturated heterocycles. The highest BCUT2D eigenvalue weighted by Crippen LogP contribution is 2.41. The molecule has 1 aromatic heterocycles. The Morgan fingerprint density at radius 3 is 2.51 bits per heavy atom. The van der Waals surface area contributed by atoms with Crippen LogP contribution >= 0.6 is 0 Å². The van der Waals surface area contributed by atoms with Gasteiger partial charge in [-0.3, -0.25) is 19.4 Å². The van der Waals surface area contributed by atoms with E-state index in [9.17, 15) is 19.2 Å². The second-order valence-electron chi connectivity index (χ2n) is 10.4. The molecule has 3 heterocycles. The van der Waals surface area contributed by atoms with E-state index >= 15 is 0 Å². The van der Waals surface area contributed by atoms with Crippen molar-refractivity contribution in [1.29, 1.82) is 0 Å². The predicted octanol–water partition coefficient (Wildman–Crippen LogP) is 0.775. The summed E-state index contributed by atoms with van der Waals surface area (Å²) in [6, 6.07) is 7.65. The fourth-order valence-electron chi connectivity index (χ4n) is 5.26. The monoisotopic (exact) mass is 509 g/mol. The van der Waals surface area contributed by atoms with E-state index in [2.05, 4.69) is 20.6 Å². The Hall–Kier alpha value is -3.80. The van der Waals surface area contributed by atoms with Gasteiger partial charge in [-0.25, -0.2) is 9.78 Å². The Labute approximate surface area is 215 Å². The van der Waals surface area contributed by atoms with E-state index in [0.717, 1.165) is 5.56 Å². The third-order valence-corrected chi connectivity index (χ3v) is 7.36. The quantitative estimate of drug-likeness (QED) is 0.474. The van der Waals surface area contributed by atoms with Gasteiger partial charge in [0.05, 0.1) is 12.1 Å². The van der Waals surface area contributed by atoms with Crippen LogP contribution in [-0.2, 0) is 30.1 Å². The number of carbonyl (C=O) groups is 4. The van der Waals surface area contributed by atoms with Gasteiger partial charge in [0.15, 0.2) is 0 Å². The predicted molar refractivity (Wildman–Crippen MR) is 133 cm³/mol.